The summed E-state index contributed by atoms with van der Waals surface area (Å²) in [4.78, 5) is 2.70. The van der Waals surface area contributed by atoms with E-state index >= 15 is 0 Å². The second kappa shape index (κ2) is 7.24. The molecule has 0 radical (unpaired) electrons. The highest BCUT2D eigenvalue weighted by atomic mass is 15.2. The van der Waals surface area contributed by atoms with Gasteiger partial charge in [0.1, 0.15) is 0 Å². The van der Waals surface area contributed by atoms with Crippen molar-refractivity contribution in [1.82, 2.24) is 10.2 Å². The van der Waals surface area contributed by atoms with Gasteiger partial charge in [-0.05, 0) is 45.3 Å². The Morgan fingerprint density at radius 1 is 1.20 bits per heavy atom. The molecule has 0 aromatic rings. The molecule has 2 heteroatoms. The summed E-state index contributed by atoms with van der Waals surface area (Å²) in [6.45, 7) is 10.5. The second-order valence-corrected chi connectivity index (χ2v) is 5.08. The number of hydrogen-bond acceptors (Lipinski definition) is 2. The third-order valence-electron chi connectivity index (χ3n) is 3.04. The van der Waals surface area contributed by atoms with Crippen LogP contribution >= 0.6 is 0 Å². The first-order valence-corrected chi connectivity index (χ1v) is 6.71. The Morgan fingerprint density at radius 3 is 2.40 bits per heavy atom. The van der Waals surface area contributed by atoms with Gasteiger partial charge in [-0.2, -0.15) is 0 Å². The van der Waals surface area contributed by atoms with Gasteiger partial charge in [0.05, 0.1) is 0 Å². The largest absolute Gasteiger partial charge is 0.314 e. The van der Waals surface area contributed by atoms with Crippen molar-refractivity contribution in [1.29, 1.82) is 0 Å². The molecule has 0 aromatic heterocycles. The number of rotatable bonds is 9. The highest BCUT2D eigenvalue weighted by Gasteiger charge is 2.27. The minimum absolute atomic E-state index is 0.634. The quantitative estimate of drug-likeness (QED) is 0.591. The van der Waals surface area contributed by atoms with E-state index in [1.807, 2.05) is 0 Å². The SMILES string of the molecule is CCCCN(CCCNC(C)C)C1CC1. The zero-order chi connectivity index (χ0) is 11.1. The van der Waals surface area contributed by atoms with E-state index in [4.69, 9.17) is 0 Å². The highest BCUT2D eigenvalue weighted by molar-refractivity contribution is 4.84. The highest BCUT2D eigenvalue weighted by Crippen LogP contribution is 2.26. The zero-order valence-corrected chi connectivity index (χ0v) is 10.8. The van der Waals surface area contributed by atoms with Crippen LogP contribution in [0.3, 0.4) is 0 Å². The van der Waals surface area contributed by atoms with E-state index in [0.29, 0.717) is 6.04 Å². The van der Waals surface area contributed by atoms with E-state index in [1.165, 1.54) is 51.7 Å². The average Bonchev–Trinajstić information content (AvgIpc) is 3.00. The summed E-state index contributed by atoms with van der Waals surface area (Å²) in [5, 5.41) is 3.49. The molecule has 1 N–H and O–H groups in total. The summed E-state index contributed by atoms with van der Waals surface area (Å²) in [6, 6.07) is 1.57. The molecule has 0 spiro atoms. The minimum Gasteiger partial charge on any atom is -0.314 e. The molecule has 90 valence electrons. The molecule has 1 aliphatic rings. The molecule has 1 fully saturated rings. The van der Waals surface area contributed by atoms with E-state index in [-0.39, 0.29) is 0 Å². The van der Waals surface area contributed by atoms with Crippen LogP contribution in [0.1, 0.15) is 52.9 Å². The van der Waals surface area contributed by atoms with Gasteiger partial charge in [-0.3, -0.25) is 0 Å². The van der Waals surface area contributed by atoms with Gasteiger partial charge in [0, 0.05) is 12.1 Å². The van der Waals surface area contributed by atoms with E-state index in [0.717, 1.165) is 6.04 Å². The lowest BCUT2D eigenvalue weighted by molar-refractivity contribution is 0.254. The number of unbranched alkanes of at least 4 members (excludes halogenated alkanes) is 1. The third kappa shape index (κ3) is 6.16. The van der Waals surface area contributed by atoms with Crippen molar-refractivity contribution in [2.45, 2.75) is 65.0 Å². The predicted molar refractivity (Wildman–Crippen MR) is 67.3 cm³/mol. The Hall–Kier alpha value is -0.0800. The summed E-state index contributed by atoms with van der Waals surface area (Å²) >= 11 is 0. The van der Waals surface area contributed by atoms with Gasteiger partial charge in [-0.1, -0.05) is 27.2 Å². The lowest BCUT2D eigenvalue weighted by Crippen LogP contribution is -2.32. The Balaban J connectivity index is 2.03. The first kappa shape index (κ1) is 13.0. The summed E-state index contributed by atoms with van der Waals surface area (Å²) < 4.78 is 0. The normalized spacial score (nSPS) is 16.6. The Labute approximate surface area is 95.4 Å². The van der Waals surface area contributed by atoms with Gasteiger partial charge in [0.25, 0.3) is 0 Å². The molecule has 0 heterocycles. The van der Waals surface area contributed by atoms with Crippen molar-refractivity contribution < 1.29 is 0 Å². The molecule has 0 atom stereocenters. The third-order valence-corrected chi connectivity index (χ3v) is 3.04. The van der Waals surface area contributed by atoms with Crippen LogP contribution in [0.15, 0.2) is 0 Å². The van der Waals surface area contributed by atoms with E-state index < -0.39 is 0 Å². The van der Waals surface area contributed by atoms with Crippen molar-refractivity contribution in [3.63, 3.8) is 0 Å². The molecule has 0 saturated heterocycles. The molecule has 1 saturated carbocycles. The van der Waals surface area contributed by atoms with Gasteiger partial charge in [-0.25, -0.2) is 0 Å². The fourth-order valence-electron chi connectivity index (χ4n) is 1.95. The Morgan fingerprint density at radius 2 is 1.87 bits per heavy atom. The molecule has 1 rings (SSSR count). The molecule has 0 amide bonds. The molecule has 2 nitrogen and oxygen atoms in total. The number of nitrogens with zero attached hydrogens (tertiary/aromatic N) is 1. The Kier molecular flexibility index (Phi) is 6.26. The van der Waals surface area contributed by atoms with Gasteiger partial charge >= 0.3 is 0 Å². The van der Waals surface area contributed by atoms with Crippen LogP contribution in [0.5, 0.6) is 0 Å². The first-order chi connectivity index (χ1) is 7.24. The lowest BCUT2D eigenvalue weighted by Gasteiger charge is -2.22. The average molecular weight is 212 g/mol. The maximum absolute atomic E-state index is 3.49. The monoisotopic (exact) mass is 212 g/mol. The van der Waals surface area contributed by atoms with Crippen LogP contribution in [-0.2, 0) is 0 Å². The second-order valence-electron chi connectivity index (χ2n) is 5.08. The van der Waals surface area contributed by atoms with Gasteiger partial charge < -0.3 is 10.2 Å². The zero-order valence-electron chi connectivity index (χ0n) is 10.8. The summed E-state index contributed by atoms with van der Waals surface area (Å²) in [5.74, 6) is 0. The summed E-state index contributed by atoms with van der Waals surface area (Å²) in [7, 11) is 0. The molecule has 0 bridgehead atoms. The van der Waals surface area contributed by atoms with Crippen LogP contribution in [0.2, 0.25) is 0 Å². The molecular weight excluding hydrogens is 184 g/mol. The molecular formula is C13H28N2. The molecule has 0 aliphatic heterocycles. The first-order valence-electron chi connectivity index (χ1n) is 6.71. The van der Waals surface area contributed by atoms with Crippen molar-refractivity contribution in [3.05, 3.63) is 0 Å². The standard InChI is InChI=1S/C13H28N2/c1-4-5-10-15(13-7-8-13)11-6-9-14-12(2)3/h12-14H,4-11H2,1-3H3. The van der Waals surface area contributed by atoms with Crippen molar-refractivity contribution in [2.24, 2.45) is 0 Å². The number of nitrogens with one attached hydrogen (secondary N) is 1. The molecule has 1 aliphatic carbocycles. The van der Waals surface area contributed by atoms with Crippen molar-refractivity contribution in [2.75, 3.05) is 19.6 Å². The molecule has 0 aromatic carbocycles. The summed E-state index contributed by atoms with van der Waals surface area (Å²) in [6.07, 6.45) is 6.89. The van der Waals surface area contributed by atoms with Crippen LogP contribution in [-0.4, -0.2) is 36.6 Å². The fraction of sp³-hybridized carbons (Fsp3) is 1.00. The van der Waals surface area contributed by atoms with Crippen molar-refractivity contribution in [3.8, 4) is 0 Å². The Bertz CT molecular complexity index is 153. The van der Waals surface area contributed by atoms with Gasteiger partial charge in [0.15, 0.2) is 0 Å². The molecule has 15 heavy (non-hydrogen) atoms. The number of hydrogen-bond donors (Lipinski definition) is 1. The van der Waals surface area contributed by atoms with Crippen molar-refractivity contribution >= 4 is 0 Å². The molecule has 0 unspecified atom stereocenters. The topological polar surface area (TPSA) is 15.3 Å². The predicted octanol–water partition coefficient (Wildman–Crippen LogP) is 2.64. The minimum atomic E-state index is 0.634. The van der Waals surface area contributed by atoms with Crippen LogP contribution < -0.4 is 5.32 Å². The van der Waals surface area contributed by atoms with E-state index in [1.54, 1.807) is 0 Å². The maximum Gasteiger partial charge on any atom is 0.00964 e. The maximum atomic E-state index is 3.49. The van der Waals surface area contributed by atoms with Gasteiger partial charge in [0.2, 0.25) is 0 Å². The summed E-state index contributed by atoms with van der Waals surface area (Å²) in [5.41, 5.74) is 0. The van der Waals surface area contributed by atoms with Crippen LogP contribution in [0.25, 0.3) is 0 Å². The fourth-order valence-corrected chi connectivity index (χ4v) is 1.95. The van der Waals surface area contributed by atoms with Crippen LogP contribution in [0, 0.1) is 0 Å². The smallest absolute Gasteiger partial charge is 0.00964 e. The van der Waals surface area contributed by atoms with Crippen LogP contribution in [0.4, 0.5) is 0 Å². The van der Waals surface area contributed by atoms with E-state index in [9.17, 15) is 0 Å². The lowest BCUT2D eigenvalue weighted by atomic mass is 10.2. The van der Waals surface area contributed by atoms with E-state index in [2.05, 4.69) is 31.0 Å². The van der Waals surface area contributed by atoms with Gasteiger partial charge in [-0.15, -0.1) is 0 Å².